The first-order chi connectivity index (χ1) is 17.7. The predicted molar refractivity (Wildman–Crippen MR) is 140 cm³/mol. The molecular formula is C27H31N7O2. The Hall–Kier alpha value is -3.85. The topological polar surface area (TPSA) is 80.6 Å². The van der Waals surface area contributed by atoms with E-state index in [2.05, 4.69) is 67.8 Å². The first-order valence-electron chi connectivity index (χ1n) is 12.5. The Balaban J connectivity index is 1.19. The van der Waals surface area contributed by atoms with Crippen molar-refractivity contribution in [2.75, 3.05) is 43.2 Å². The minimum atomic E-state index is 0.230. The van der Waals surface area contributed by atoms with Crippen LogP contribution in [0.15, 0.2) is 54.9 Å². The number of anilines is 2. The molecule has 2 aromatic carbocycles. The summed E-state index contributed by atoms with van der Waals surface area (Å²) in [6, 6.07) is 16.8. The molecule has 2 aliphatic rings. The zero-order valence-corrected chi connectivity index (χ0v) is 20.7. The van der Waals surface area contributed by atoms with Gasteiger partial charge >= 0.3 is 0 Å². The van der Waals surface area contributed by atoms with Crippen LogP contribution in [0, 0.1) is 0 Å². The third kappa shape index (κ3) is 4.42. The lowest BCUT2D eigenvalue weighted by Gasteiger charge is -2.35. The van der Waals surface area contributed by atoms with Crippen LogP contribution in [0.5, 0.6) is 11.5 Å². The molecule has 186 valence electrons. The smallest absolute Gasteiger partial charge is 0.231 e. The fourth-order valence-electron chi connectivity index (χ4n) is 4.91. The number of hydrogen-bond donors (Lipinski definition) is 1. The standard InChI is InChI=1S/C27H31N7O2/c1-19(2)34-26-24(25(29-17-30-26)28-15-20-6-4-3-5-7-20)31-27(34)33-12-10-32(11-13-33)16-21-8-9-22-23(14-21)36-18-35-22/h3-9,14,17,19H,10-13,15-16,18H2,1-2H3,(H,28,29,30). The minimum Gasteiger partial charge on any atom is -0.454 e. The summed E-state index contributed by atoms with van der Waals surface area (Å²) >= 11 is 0. The molecule has 2 aliphatic heterocycles. The van der Waals surface area contributed by atoms with Crippen molar-refractivity contribution in [2.24, 2.45) is 0 Å². The van der Waals surface area contributed by atoms with E-state index in [1.807, 2.05) is 24.3 Å². The van der Waals surface area contributed by atoms with E-state index in [-0.39, 0.29) is 6.04 Å². The Morgan fingerprint density at radius 2 is 1.72 bits per heavy atom. The van der Waals surface area contributed by atoms with E-state index >= 15 is 0 Å². The van der Waals surface area contributed by atoms with Gasteiger partial charge in [-0.05, 0) is 37.1 Å². The normalized spacial score (nSPS) is 15.7. The minimum absolute atomic E-state index is 0.230. The summed E-state index contributed by atoms with van der Waals surface area (Å²) in [7, 11) is 0. The van der Waals surface area contributed by atoms with Crippen molar-refractivity contribution in [1.29, 1.82) is 0 Å². The Morgan fingerprint density at radius 1 is 0.917 bits per heavy atom. The summed E-state index contributed by atoms with van der Waals surface area (Å²) in [5, 5.41) is 3.47. The van der Waals surface area contributed by atoms with Gasteiger partial charge in [-0.25, -0.2) is 15.0 Å². The van der Waals surface area contributed by atoms with Crippen LogP contribution >= 0.6 is 0 Å². The van der Waals surface area contributed by atoms with Gasteiger partial charge in [0.2, 0.25) is 12.7 Å². The summed E-state index contributed by atoms with van der Waals surface area (Å²) in [6.07, 6.45) is 1.63. The lowest BCUT2D eigenvalue weighted by atomic mass is 10.1. The number of benzene rings is 2. The van der Waals surface area contributed by atoms with Gasteiger partial charge in [0.25, 0.3) is 0 Å². The largest absolute Gasteiger partial charge is 0.454 e. The molecule has 0 atom stereocenters. The van der Waals surface area contributed by atoms with Gasteiger partial charge in [-0.3, -0.25) is 9.47 Å². The Labute approximate surface area is 210 Å². The van der Waals surface area contributed by atoms with Crippen LogP contribution in [-0.4, -0.2) is 57.4 Å². The van der Waals surface area contributed by atoms with Crippen molar-refractivity contribution in [1.82, 2.24) is 24.4 Å². The summed E-state index contributed by atoms with van der Waals surface area (Å²) in [5.74, 6) is 3.41. The average molecular weight is 486 g/mol. The average Bonchev–Trinajstić information content (AvgIpc) is 3.53. The zero-order chi connectivity index (χ0) is 24.5. The first-order valence-corrected chi connectivity index (χ1v) is 12.5. The highest BCUT2D eigenvalue weighted by Gasteiger charge is 2.26. The second-order valence-electron chi connectivity index (χ2n) is 9.56. The summed E-state index contributed by atoms with van der Waals surface area (Å²) < 4.78 is 13.2. The SMILES string of the molecule is CC(C)n1c(N2CCN(Cc3ccc4c(c3)OCO4)CC2)nc2c(NCc3ccccc3)ncnc21. The molecular weight excluding hydrogens is 454 g/mol. The second-order valence-corrected chi connectivity index (χ2v) is 9.56. The molecule has 0 saturated carbocycles. The van der Waals surface area contributed by atoms with Gasteiger partial charge in [0, 0.05) is 45.3 Å². The third-order valence-electron chi connectivity index (χ3n) is 6.78. The Morgan fingerprint density at radius 3 is 2.53 bits per heavy atom. The van der Waals surface area contributed by atoms with Crippen LogP contribution in [-0.2, 0) is 13.1 Å². The Kier molecular flexibility index (Phi) is 6.06. The van der Waals surface area contributed by atoms with E-state index in [4.69, 9.17) is 14.5 Å². The molecule has 9 heteroatoms. The van der Waals surface area contributed by atoms with Crippen LogP contribution < -0.4 is 19.7 Å². The van der Waals surface area contributed by atoms with Crippen LogP contribution in [0.3, 0.4) is 0 Å². The summed E-state index contributed by atoms with van der Waals surface area (Å²) in [5.41, 5.74) is 4.13. The number of nitrogens with one attached hydrogen (secondary N) is 1. The number of rotatable bonds is 7. The fourth-order valence-corrected chi connectivity index (χ4v) is 4.91. The summed E-state index contributed by atoms with van der Waals surface area (Å²) in [4.78, 5) is 19.1. The predicted octanol–water partition coefficient (Wildman–Crippen LogP) is 4.07. The molecule has 0 unspecified atom stereocenters. The highest BCUT2D eigenvalue weighted by molar-refractivity contribution is 5.85. The molecule has 6 rings (SSSR count). The van der Waals surface area contributed by atoms with Crippen molar-refractivity contribution in [3.8, 4) is 11.5 Å². The van der Waals surface area contributed by atoms with E-state index in [0.717, 1.165) is 67.2 Å². The van der Waals surface area contributed by atoms with Crippen molar-refractivity contribution in [2.45, 2.75) is 33.0 Å². The quantitative estimate of drug-likeness (QED) is 0.420. The van der Waals surface area contributed by atoms with Crippen molar-refractivity contribution < 1.29 is 9.47 Å². The van der Waals surface area contributed by atoms with Crippen LogP contribution in [0.2, 0.25) is 0 Å². The molecule has 2 aromatic heterocycles. The van der Waals surface area contributed by atoms with Gasteiger partial charge in [0.15, 0.2) is 28.5 Å². The molecule has 0 spiro atoms. The zero-order valence-electron chi connectivity index (χ0n) is 20.7. The molecule has 0 aliphatic carbocycles. The highest BCUT2D eigenvalue weighted by atomic mass is 16.7. The van der Waals surface area contributed by atoms with Crippen molar-refractivity contribution in [3.63, 3.8) is 0 Å². The second kappa shape index (κ2) is 9.66. The first kappa shape index (κ1) is 22.6. The monoisotopic (exact) mass is 485 g/mol. The van der Waals surface area contributed by atoms with Gasteiger partial charge in [-0.15, -0.1) is 0 Å². The third-order valence-corrected chi connectivity index (χ3v) is 6.78. The van der Waals surface area contributed by atoms with Crippen molar-refractivity contribution >= 4 is 22.9 Å². The maximum atomic E-state index is 5.54. The van der Waals surface area contributed by atoms with E-state index in [1.54, 1.807) is 6.33 Å². The van der Waals surface area contributed by atoms with Gasteiger partial charge in [-0.1, -0.05) is 36.4 Å². The number of imidazole rings is 1. The molecule has 4 heterocycles. The molecule has 36 heavy (non-hydrogen) atoms. The highest BCUT2D eigenvalue weighted by Crippen LogP contribution is 2.33. The molecule has 4 aromatic rings. The van der Waals surface area contributed by atoms with E-state index < -0.39 is 0 Å². The van der Waals surface area contributed by atoms with Crippen LogP contribution in [0.4, 0.5) is 11.8 Å². The molecule has 0 radical (unpaired) electrons. The summed E-state index contributed by atoms with van der Waals surface area (Å²) in [6.45, 7) is 9.98. The molecule has 0 bridgehead atoms. The lowest BCUT2D eigenvalue weighted by molar-refractivity contribution is 0.174. The van der Waals surface area contributed by atoms with Crippen LogP contribution in [0.25, 0.3) is 11.2 Å². The number of ether oxygens (including phenoxy) is 2. The number of nitrogens with zero attached hydrogens (tertiary/aromatic N) is 6. The molecule has 1 N–H and O–H groups in total. The number of piperazine rings is 1. The number of aromatic nitrogens is 4. The van der Waals surface area contributed by atoms with Crippen molar-refractivity contribution in [3.05, 3.63) is 66.0 Å². The maximum Gasteiger partial charge on any atom is 0.231 e. The Bertz CT molecular complexity index is 1350. The van der Waals surface area contributed by atoms with E-state index in [9.17, 15) is 0 Å². The lowest BCUT2D eigenvalue weighted by Crippen LogP contribution is -2.47. The molecule has 1 saturated heterocycles. The van der Waals surface area contributed by atoms with Gasteiger partial charge in [-0.2, -0.15) is 0 Å². The molecule has 0 amide bonds. The van der Waals surface area contributed by atoms with Gasteiger partial charge < -0.3 is 19.7 Å². The number of hydrogen-bond acceptors (Lipinski definition) is 8. The maximum absolute atomic E-state index is 5.54. The van der Waals surface area contributed by atoms with E-state index in [1.165, 1.54) is 11.1 Å². The fraction of sp³-hybridized carbons (Fsp3) is 0.370. The van der Waals surface area contributed by atoms with Crippen LogP contribution in [0.1, 0.15) is 31.0 Å². The van der Waals surface area contributed by atoms with Gasteiger partial charge in [0.1, 0.15) is 6.33 Å². The van der Waals surface area contributed by atoms with Gasteiger partial charge in [0.05, 0.1) is 0 Å². The molecule has 1 fully saturated rings. The van der Waals surface area contributed by atoms with E-state index in [0.29, 0.717) is 13.3 Å². The molecule has 9 nitrogen and oxygen atoms in total. The number of fused-ring (bicyclic) bond motifs is 2.